The van der Waals surface area contributed by atoms with Crippen LogP contribution in [0.1, 0.15) is 26.2 Å². The maximum Gasteiger partial charge on any atom is 0.241 e. The van der Waals surface area contributed by atoms with Crippen LogP contribution in [-0.2, 0) is 14.8 Å². The Hall–Kier alpha value is -1.71. The molecule has 0 bridgehead atoms. The van der Waals surface area contributed by atoms with E-state index in [1.807, 2.05) is 0 Å². The number of rotatable bonds is 7. The summed E-state index contributed by atoms with van der Waals surface area (Å²) < 4.78 is 28.0. The van der Waals surface area contributed by atoms with Crippen molar-refractivity contribution >= 4 is 44.8 Å². The maximum atomic E-state index is 12.9. The van der Waals surface area contributed by atoms with Crippen molar-refractivity contribution in [3.63, 3.8) is 0 Å². The van der Waals surface area contributed by atoms with Gasteiger partial charge in [0.1, 0.15) is 6.04 Å². The standard InChI is InChI=1S/C16H22Cl2N6O3S/c1-10-3-6-24(7-4-10)16(25)14(2-5-21-23-20)22-28(26,27)11-8-12(17)15(19)13(18)9-11/h8-10,14,22H,2-7,19H2,1H3. The number of likely N-dealkylation sites (tertiary alicyclic amines) is 1. The average molecular weight is 449 g/mol. The summed E-state index contributed by atoms with van der Waals surface area (Å²) in [4.78, 5) is 17.0. The molecule has 0 radical (unpaired) electrons. The molecule has 1 atom stereocenters. The second-order valence-electron chi connectivity index (χ2n) is 6.73. The smallest absolute Gasteiger partial charge is 0.241 e. The van der Waals surface area contributed by atoms with Gasteiger partial charge < -0.3 is 10.6 Å². The third-order valence-electron chi connectivity index (χ3n) is 4.63. The minimum absolute atomic E-state index is 0.00477. The number of amides is 1. The number of azide groups is 1. The van der Waals surface area contributed by atoms with E-state index in [0.717, 1.165) is 12.8 Å². The molecule has 0 spiro atoms. The quantitative estimate of drug-likeness (QED) is 0.285. The zero-order valence-electron chi connectivity index (χ0n) is 15.3. The van der Waals surface area contributed by atoms with Crippen molar-refractivity contribution in [3.05, 3.63) is 32.6 Å². The molecule has 0 aliphatic carbocycles. The number of anilines is 1. The lowest BCUT2D eigenvalue weighted by Gasteiger charge is -2.33. The predicted octanol–water partition coefficient (Wildman–Crippen LogP) is 3.18. The lowest BCUT2D eigenvalue weighted by Crippen LogP contribution is -2.50. The van der Waals surface area contributed by atoms with Gasteiger partial charge in [-0.15, -0.1) is 0 Å². The van der Waals surface area contributed by atoms with Gasteiger partial charge in [-0.25, -0.2) is 8.42 Å². The van der Waals surface area contributed by atoms with Gasteiger partial charge in [0, 0.05) is 24.5 Å². The van der Waals surface area contributed by atoms with Gasteiger partial charge in [0.25, 0.3) is 0 Å². The number of halogens is 2. The van der Waals surface area contributed by atoms with E-state index in [2.05, 4.69) is 21.7 Å². The largest absolute Gasteiger partial charge is 0.396 e. The molecule has 0 aromatic heterocycles. The Bertz CT molecular complexity index is 857. The zero-order chi connectivity index (χ0) is 20.9. The first-order valence-electron chi connectivity index (χ1n) is 8.72. The van der Waals surface area contributed by atoms with Gasteiger partial charge in [0.05, 0.1) is 20.6 Å². The van der Waals surface area contributed by atoms with E-state index >= 15 is 0 Å². The Morgan fingerprint density at radius 1 is 1.39 bits per heavy atom. The second-order valence-corrected chi connectivity index (χ2v) is 9.25. The normalized spacial score (nSPS) is 16.5. The van der Waals surface area contributed by atoms with Crippen LogP contribution in [0.3, 0.4) is 0 Å². The van der Waals surface area contributed by atoms with Gasteiger partial charge in [-0.3, -0.25) is 4.79 Å². The van der Waals surface area contributed by atoms with E-state index in [9.17, 15) is 13.2 Å². The monoisotopic (exact) mass is 448 g/mol. The molecule has 9 nitrogen and oxygen atoms in total. The minimum Gasteiger partial charge on any atom is -0.396 e. The highest BCUT2D eigenvalue weighted by Crippen LogP contribution is 2.30. The molecule has 28 heavy (non-hydrogen) atoms. The summed E-state index contributed by atoms with van der Waals surface area (Å²) >= 11 is 11.9. The first-order chi connectivity index (χ1) is 13.2. The van der Waals surface area contributed by atoms with Crippen LogP contribution < -0.4 is 10.5 Å². The number of hydrogen-bond donors (Lipinski definition) is 2. The SMILES string of the molecule is CC1CCN(C(=O)C(CCN=[N+]=[N-])NS(=O)(=O)c2cc(Cl)c(N)c(Cl)c2)CC1. The number of piperidine rings is 1. The van der Waals surface area contributed by atoms with Crippen LogP contribution in [0.4, 0.5) is 5.69 Å². The summed E-state index contributed by atoms with van der Waals surface area (Å²) in [5, 5.41) is 3.40. The molecule has 1 aromatic rings. The highest BCUT2D eigenvalue weighted by molar-refractivity contribution is 7.89. The summed E-state index contributed by atoms with van der Waals surface area (Å²) in [6.45, 7) is 3.19. The fourth-order valence-electron chi connectivity index (χ4n) is 2.89. The van der Waals surface area contributed by atoms with Crippen LogP contribution in [0.25, 0.3) is 10.4 Å². The summed E-state index contributed by atoms with van der Waals surface area (Å²) in [7, 11) is -4.11. The molecular formula is C16H22Cl2N6O3S. The third-order valence-corrected chi connectivity index (χ3v) is 6.71. The minimum atomic E-state index is -4.11. The number of sulfonamides is 1. The number of nitrogens with one attached hydrogen (secondary N) is 1. The molecule has 1 unspecified atom stereocenters. The Morgan fingerprint density at radius 2 is 1.96 bits per heavy atom. The highest BCUT2D eigenvalue weighted by atomic mass is 35.5. The molecule has 1 fully saturated rings. The number of nitrogens with zero attached hydrogens (tertiary/aromatic N) is 4. The van der Waals surface area contributed by atoms with E-state index in [1.54, 1.807) is 4.90 Å². The molecule has 3 N–H and O–H groups in total. The van der Waals surface area contributed by atoms with Crippen molar-refractivity contribution in [2.75, 3.05) is 25.4 Å². The van der Waals surface area contributed by atoms with Crippen LogP contribution >= 0.6 is 23.2 Å². The predicted molar refractivity (Wildman–Crippen MR) is 109 cm³/mol. The number of carbonyl (C=O) groups is 1. The molecule has 1 heterocycles. The van der Waals surface area contributed by atoms with Crippen molar-refractivity contribution in [2.45, 2.75) is 37.1 Å². The molecule has 1 aliphatic heterocycles. The molecule has 0 saturated carbocycles. The van der Waals surface area contributed by atoms with Gasteiger partial charge >= 0.3 is 0 Å². The van der Waals surface area contributed by atoms with Crippen LogP contribution in [-0.4, -0.2) is 44.9 Å². The van der Waals surface area contributed by atoms with Crippen molar-refractivity contribution in [3.8, 4) is 0 Å². The van der Waals surface area contributed by atoms with E-state index in [-0.39, 0.29) is 39.5 Å². The van der Waals surface area contributed by atoms with E-state index < -0.39 is 16.1 Å². The summed E-state index contributed by atoms with van der Waals surface area (Å²) in [6, 6.07) is 1.27. The summed E-state index contributed by atoms with van der Waals surface area (Å²) in [5.41, 5.74) is 14.2. The Balaban J connectivity index is 2.25. The van der Waals surface area contributed by atoms with Crippen LogP contribution in [0.5, 0.6) is 0 Å². The number of nitrogens with two attached hydrogens (primary N) is 1. The summed E-state index contributed by atoms with van der Waals surface area (Å²) in [5.74, 6) is 0.165. The Morgan fingerprint density at radius 3 is 2.50 bits per heavy atom. The van der Waals surface area contributed by atoms with Crippen molar-refractivity contribution < 1.29 is 13.2 Å². The van der Waals surface area contributed by atoms with Crippen molar-refractivity contribution in [1.82, 2.24) is 9.62 Å². The van der Waals surface area contributed by atoms with Gasteiger partial charge in [0.15, 0.2) is 0 Å². The first kappa shape index (κ1) is 22.6. The fraction of sp³-hybridized carbons (Fsp3) is 0.562. The van der Waals surface area contributed by atoms with Gasteiger partial charge in [-0.1, -0.05) is 35.2 Å². The van der Waals surface area contributed by atoms with Gasteiger partial charge in [0.2, 0.25) is 15.9 Å². The number of nitrogen functional groups attached to an aromatic ring is 1. The van der Waals surface area contributed by atoms with E-state index in [4.69, 9.17) is 34.5 Å². The van der Waals surface area contributed by atoms with Crippen LogP contribution in [0.15, 0.2) is 22.1 Å². The maximum absolute atomic E-state index is 12.9. The van der Waals surface area contributed by atoms with E-state index in [1.165, 1.54) is 12.1 Å². The van der Waals surface area contributed by atoms with Gasteiger partial charge in [-0.2, -0.15) is 4.72 Å². The molecule has 1 aromatic carbocycles. The highest BCUT2D eigenvalue weighted by Gasteiger charge is 2.31. The molecule has 1 saturated heterocycles. The Labute approximate surface area is 173 Å². The number of benzene rings is 1. The molecule has 154 valence electrons. The van der Waals surface area contributed by atoms with Crippen LogP contribution in [0.2, 0.25) is 10.0 Å². The van der Waals surface area contributed by atoms with Crippen molar-refractivity contribution in [2.24, 2.45) is 11.0 Å². The first-order valence-corrected chi connectivity index (χ1v) is 11.0. The topological polar surface area (TPSA) is 141 Å². The Kier molecular flexibility index (Phi) is 7.79. The fourth-order valence-corrected chi connectivity index (χ4v) is 4.78. The van der Waals surface area contributed by atoms with E-state index in [0.29, 0.717) is 19.0 Å². The molecule has 12 heteroatoms. The summed E-state index contributed by atoms with van der Waals surface area (Å²) in [6.07, 6.45) is 1.74. The third kappa shape index (κ3) is 5.65. The average Bonchev–Trinajstić information content (AvgIpc) is 2.65. The second kappa shape index (κ2) is 9.67. The molecule has 2 rings (SSSR count). The zero-order valence-corrected chi connectivity index (χ0v) is 17.6. The molecule has 1 aliphatic rings. The lowest BCUT2D eigenvalue weighted by atomic mass is 9.98. The number of carbonyl (C=O) groups excluding carboxylic acids is 1. The lowest BCUT2D eigenvalue weighted by molar-refractivity contribution is -0.134. The van der Waals surface area contributed by atoms with Crippen molar-refractivity contribution in [1.29, 1.82) is 0 Å². The molecule has 1 amide bonds. The number of hydrogen-bond acceptors (Lipinski definition) is 5. The van der Waals surface area contributed by atoms with Gasteiger partial charge in [-0.05, 0) is 42.8 Å². The van der Waals surface area contributed by atoms with Crippen LogP contribution in [0, 0.1) is 5.92 Å². The molecular weight excluding hydrogens is 427 g/mol.